The first kappa shape index (κ1) is 35.9. The van der Waals surface area contributed by atoms with E-state index in [0.717, 1.165) is 31.4 Å². The van der Waals surface area contributed by atoms with E-state index in [4.69, 9.17) is 9.26 Å². The SMILES string of the molecule is CCCCCCCCCCCSC(CCCCCCCCC)C(C)OC(C(=O)O)P(=O)(O)OCCC. The fraction of sp³-hybridized carbons (Fsp3) is 0.964. The molecule has 0 aromatic carbocycles. The third-order valence-electron chi connectivity index (χ3n) is 6.53. The lowest BCUT2D eigenvalue weighted by Gasteiger charge is -2.28. The third kappa shape index (κ3) is 19.1. The first-order valence-corrected chi connectivity index (χ1v) is 17.5. The van der Waals surface area contributed by atoms with E-state index in [-0.39, 0.29) is 11.9 Å². The van der Waals surface area contributed by atoms with Gasteiger partial charge in [0.1, 0.15) is 0 Å². The van der Waals surface area contributed by atoms with Crippen molar-refractivity contribution in [2.45, 2.75) is 160 Å². The third-order valence-corrected chi connectivity index (χ3v) is 9.59. The van der Waals surface area contributed by atoms with E-state index in [2.05, 4.69) is 13.8 Å². The molecule has 0 aromatic heterocycles. The predicted octanol–water partition coefficient (Wildman–Crippen LogP) is 9.19. The van der Waals surface area contributed by atoms with Gasteiger partial charge in [0.25, 0.3) is 5.85 Å². The van der Waals surface area contributed by atoms with Gasteiger partial charge >= 0.3 is 13.6 Å². The Morgan fingerprint density at radius 2 is 1.25 bits per heavy atom. The van der Waals surface area contributed by atoms with Crippen molar-refractivity contribution in [2.75, 3.05) is 12.4 Å². The molecule has 2 N–H and O–H groups in total. The van der Waals surface area contributed by atoms with Gasteiger partial charge in [0.2, 0.25) is 0 Å². The first-order chi connectivity index (χ1) is 17.3. The van der Waals surface area contributed by atoms with Gasteiger partial charge in [0, 0.05) is 5.25 Å². The zero-order valence-corrected chi connectivity index (χ0v) is 25.5. The number of ether oxygens (including phenoxy) is 1. The lowest BCUT2D eigenvalue weighted by atomic mass is 10.1. The van der Waals surface area contributed by atoms with Gasteiger partial charge in [-0.25, -0.2) is 4.79 Å². The van der Waals surface area contributed by atoms with Crippen molar-refractivity contribution in [1.82, 2.24) is 0 Å². The number of carboxylic acids is 1. The largest absolute Gasteiger partial charge is 0.479 e. The van der Waals surface area contributed by atoms with Crippen LogP contribution in [0.1, 0.15) is 143 Å². The highest BCUT2D eigenvalue weighted by atomic mass is 32.2. The Morgan fingerprint density at radius 1 is 0.778 bits per heavy atom. The molecule has 0 fully saturated rings. The van der Waals surface area contributed by atoms with E-state index in [9.17, 15) is 19.4 Å². The van der Waals surface area contributed by atoms with Crippen LogP contribution < -0.4 is 0 Å². The number of thioether (sulfide) groups is 1. The van der Waals surface area contributed by atoms with Crippen LogP contribution in [0.25, 0.3) is 0 Å². The van der Waals surface area contributed by atoms with Crippen LogP contribution in [0.4, 0.5) is 0 Å². The number of aliphatic carboxylic acids is 1. The normalized spacial score (nSPS) is 15.9. The molecule has 4 unspecified atom stereocenters. The number of carbonyl (C=O) groups is 1. The summed E-state index contributed by atoms with van der Waals surface area (Å²) >= 11 is 1.83. The Labute approximate surface area is 226 Å². The van der Waals surface area contributed by atoms with Gasteiger partial charge in [-0.15, -0.1) is 0 Å². The topological polar surface area (TPSA) is 93.1 Å². The predicted molar refractivity (Wildman–Crippen MR) is 154 cm³/mol. The Balaban J connectivity index is 4.70. The van der Waals surface area contributed by atoms with E-state index >= 15 is 0 Å². The van der Waals surface area contributed by atoms with Gasteiger partial charge in [0.15, 0.2) is 0 Å². The van der Waals surface area contributed by atoms with Gasteiger partial charge in [-0.1, -0.05) is 117 Å². The van der Waals surface area contributed by atoms with Crippen molar-refractivity contribution in [3.63, 3.8) is 0 Å². The molecule has 0 aliphatic heterocycles. The summed E-state index contributed by atoms with van der Waals surface area (Å²) in [6, 6.07) is 0. The molecule has 216 valence electrons. The highest BCUT2D eigenvalue weighted by molar-refractivity contribution is 7.99. The second-order valence-corrected chi connectivity index (χ2v) is 13.3. The number of rotatable bonds is 27. The van der Waals surface area contributed by atoms with Gasteiger partial charge < -0.3 is 19.3 Å². The zero-order valence-electron chi connectivity index (χ0n) is 23.8. The lowest BCUT2D eigenvalue weighted by Crippen LogP contribution is -2.34. The molecule has 0 saturated heterocycles. The van der Waals surface area contributed by atoms with Crippen molar-refractivity contribution < 1.29 is 28.6 Å². The van der Waals surface area contributed by atoms with Crippen molar-refractivity contribution in [3.8, 4) is 0 Å². The van der Waals surface area contributed by atoms with Crippen molar-refractivity contribution in [3.05, 3.63) is 0 Å². The van der Waals surface area contributed by atoms with Crippen LogP contribution in [0.3, 0.4) is 0 Å². The van der Waals surface area contributed by atoms with E-state index < -0.39 is 25.5 Å². The second-order valence-electron chi connectivity index (χ2n) is 10.1. The monoisotopic (exact) mass is 552 g/mol. The number of hydrogen-bond donors (Lipinski definition) is 2. The first-order valence-electron chi connectivity index (χ1n) is 14.8. The molecule has 36 heavy (non-hydrogen) atoms. The maximum atomic E-state index is 12.5. The van der Waals surface area contributed by atoms with E-state index in [1.165, 1.54) is 83.5 Å². The molecule has 0 saturated carbocycles. The van der Waals surface area contributed by atoms with Gasteiger partial charge in [0.05, 0.1) is 12.7 Å². The summed E-state index contributed by atoms with van der Waals surface area (Å²) in [5, 5.41) is 9.68. The minimum absolute atomic E-state index is 0.0319. The molecule has 8 heteroatoms. The zero-order chi connectivity index (χ0) is 27.1. The molecule has 0 aromatic rings. The second kappa shape index (κ2) is 24.0. The Hall–Kier alpha value is -0.0700. The van der Waals surface area contributed by atoms with Gasteiger partial charge in [-0.05, 0) is 31.9 Å². The van der Waals surface area contributed by atoms with Crippen molar-refractivity contribution in [2.24, 2.45) is 0 Å². The molecule has 0 heterocycles. The summed E-state index contributed by atoms with van der Waals surface area (Å²) in [7, 11) is -4.40. The molecular weight excluding hydrogens is 495 g/mol. The fourth-order valence-corrected chi connectivity index (χ4v) is 6.81. The summed E-state index contributed by atoms with van der Waals surface area (Å²) < 4.78 is 23.2. The molecule has 0 bridgehead atoms. The summed E-state index contributed by atoms with van der Waals surface area (Å²) in [5.41, 5.74) is 0. The van der Waals surface area contributed by atoms with Crippen molar-refractivity contribution >= 4 is 25.3 Å². The summed E-state index contributed by atoms with van der Waals surface area (Å²) in [4.78, 5) is 22.0. The molecule has 0 spiro atoms. The van der Waals surface area contributed by atoms with Crippen LogP contribution >= 0.6 is 19.4 Å². The molecule has 0 aliphatic rings. The average molecular weight is 553 g/mol. The Bertz CT molecular complexity index is 562. The minimum atomic E-state index is -4.40. The molecular formula is C28H57O6PS. The average Bonchev–Trinajstić information content (AvgIpc) is 2.84. The Morgan fingerprint density at radius 3 is 1.72 bits per heavy atom. The molecule has 6 nitrogen and oxygen atoms in total. The summed E-state index contributed by atoms with van der Waals surface area (Å²) in [6.45, 7) is 8.14. The Kier molecular flexibility index (Phi) is 24.0. The van der Waals surface area contributed by atoms with Gasteiger partial charge in [-0.2, -0.15) is 11.8 Å². The summed E-state index contributed by atoms with van der Waals surface area (Å²) in [6.07, 6.45) is 21.1. The van der Waals surface area contributed by atoms with Crippen molar-refractivity contribution in [1.29, 1.82) is 0 Å². The van der Waals surface area contributed by atoms with E-state index in [1.54, 1.807) is 6.92 Å². The van der Waals surface area contributed by atoms with Crippen LogP contribution in [-0.2, 0) is 18.6 Å². The fourth-order valence-electron chi connectivity index (χ4n) is 4.26. The van der Waals surface area contributed by atoms with Crippen LogP contribution in [0.5, 0.6) is 0 Å². The highest BCUT2D eigenvalue weighted by Crippen LogP contribution is 2.49. The quantitative estimate of drug-likeness (QED) is 0.0775. The molecule has 0 rings (SSSR count). The van der Waals surface area contributed by atoms with E-state index in [0.29, 0.717) is 6.42 Å². The van der Waals surface area contributed by atoms with Crippen LogP contribution in [0.15, 0.2) is 0 Å². The smallest absolute Gasteiger partial charge is 0.368 e. The maximum absolute atomic E-state index is 12.5. The highest BCUT2D eigenvalue weighted by Gasteiger charge is 2.42. The van der Waals surface area contributed by atoms with Crippen LogP contribution in [-0.4, -0.2) is 45.5 Å². The van der Waals surface area contributed by atoms with Crippen LogP contribution in [0, 0.1) is 0 Å². The summed E-state index contributed by atoms with van der Waals surface area (Å²) in [5.74, 6) is -2.28. The minimum Gasteiger partial charge on any atom is -0.479 e. The standard InChI is InChI=1S/C28H57O6PS/c1-5-8-10-12-14-15-17-19-21-24-36-26(22-20-18-16-13-11-9-6-2)25(4)34-28(27(29)30)35(31,32)33-23-7-3/h25-26,28H,5-24H2,1-4H3,(H,29,30)(H,31,32). The van der Waals surface area contributed by atoms with Crippen LogP contribution in [0.2, 0.25) is 0 Å². The molecule has 0 amide bonds. The number of carboxylic acid groups (broad SMARTS) is 1. The molecule has 0 radical (unpaired) electrons. The number of unbranched alkanes of at least 4 members (excludes halogenated alkanes) is 14. The molecule has 4 atom stereocenters. The number of hydrogen-bond acceptors (Lipinski definition) is 5. The van der Waals surface area contributed by atoms with Gasteiger partial charge in [-0.3, -0.25) is 4.57 Å². The maximum Gasteiger partial charge on any atom is 0.368 e. The molecule has 0 aliphatic carbocycles. The van der Waals surface area contributed by atoms with E-state index in [1.807, 2.05) is 18.7 Å². The lowest BCUT2D eigenvalue weighted by molar-refractivity contribution is -0.148.